The van der Waals surface area contributed by atoms with Crippen molar-refractivity contribution in [2.75, 3.05) is 20.2 Å². The maximum atomic E-state index is 12.6. The number of nitrogens with one attached hydrogen (secondary N) is 1. The Morgan fingerprint density at radius 2 is 1.77 bits per heavy atom. The number of hydrogen-bond acceptors (Lipinski definition) is 5. The quantitative estimate of drug-likeness (QED) is 0.632. The van der Waals surface area contributed by atoms with Crippen molar-refractivity contribution in [3.8, 4) is 0 Å². The van der Waals surface area contributed by atoms with Gasteiger partial charge in [-0.25, -0.2) is 4.79 Å². The van der Waals surface area contributed by atoms with E-state index >= 15 is 0 Å². The monoisotopic (exact) mass is 360 g/mol. The minimum atomic E-state index is -0.588. The van der Waals surface area contributed by atoms with Crippen LogP contribution in [0.25, 0.3) is 0 Å². The Bertz CT molecular complexity index is 674. The lowest BCUT2D eigenvalue weighted by molar-refractivity contribution is -0.135. The van der Waals surface area contributed by atoms with Crippen LogP contribution >= 0.6 is 0 Å². The first-order valence-corrected chi connectivity index (χ1v) is 8.46. The van der Waals surface area contributed by atoms with Crippen LogP contribution in [-0.2, 0) is 25.6 Å². The van der Waals surface area contributed by atoms with E-state index < -0.39 is 11.9 Å². The maximum Gasteiger partial charge on any atom is 0.330 e. The fourth-order valence-corrected chi connectivity index (χ4v) is 2.75. The highest BCUT2D eigenvalue weighted by Crippen LogP contribution is 2.15. The molecular weight excluding hydrogens is 336 g/mol. The van der Waals surface area contributed by atoms with E-state index in [1.807, 2.05) is 13.8 Å². The molecule has 1 aliphatic heterocycles. The number of ether oxygens (including phenoxy) is 2. The summed E-state index contributed by atoms with van der Waals surface area (Å²) in [6, 6.07) is 7.09. The lowest BCUT2D eigenvalue weighted by Crippen LogP contribution is -2.48. The molecule has 2 atom stereocenters. The van der Waals surface area contributed by atoms with E-state index in [-0.39, 0.29) is 18.1 Å². The molecule has 0 aliphatic carbocycles. The molecule has 7 nitrogen and oxygen atoms in total. The van der Waals surface area contributed by atoms with Crippen molar-refractivity contribution in [2.24, 2.45) is 0 Å². The van der Waals surface area contributed by atoms with Gasteiger partial charge in [0.1, 0.15) is 0 Å². The smallest absolute Gasteiger partial charge is 0.330 e. The topological polar surface area (TPSA) is 84.9 Å². The third-order valence-corrected chi connectivity index (χ3v) is 3.95. The standard InChI is InChI=1S/C19H24N2O5/c1-13-11-21(12-14(2)26-13)19(24)16-6-4-15(5-7-16)10-20-17(22)8-9-18(23)25-3/h4-9,13-14H,10-12H2,1-3H3,(H,20,22)/b9-8+. The summed E-state index contributed by atoms with van der Waals surface area (Å²) in [5, 5.41) is 2.66. The average Bonchev–Trinajstić information content (AvgIpc) is 2.63. The van der Waals surface area contributed by atoms with E-state index in [4.69, 9.17) is 4.74 Å². The predicted molar refractivity (Wildman–Crippen MR) is 95.4 cm³/mol. The van der Waals surface area contributed by atoms with Crippen LogP contribution < -0.4 is 5.32 Å². The molecule has 0 aromatic heterocycles. The van der Waals surface area contributed by atoms with Crippen LogP contribution in [-0.4, -0.2) is 55.1 Å². The molecule has 2 rings (SSSR count). The molecule has 1 saturated heterocycles. The van der Waals surface area contributed by atoms with Crippen LogP contribution in [0.15, 0.2) is 36.4 Å². The highest BCUT2D eigenvalue weighted by molar-refractivity contribution is 5.95. The van der Waals surface area contributed by atoms with Gasteiger partial charge >= 0.3 is 5.97 Å². The SMILES string of the molecule is COC(=O)/C=C/C(=O)NCc1ccc(C(=O)N2CC(C)OC(C)C2)cc1. The summed E-state index contributed by atoms with van der Waals surface area (Å²) in [5.74, 6) is -1.01. The highest BCUT2D eigenvalue weighted by atomic mass is 16.5. The minimum Gasteiger partial charge on any atom is -0.466 e. The molecule has 1 aliphatic rings. The summed E-state index contributed by atoms with van der Waals surface area (Å²) < 4.78 is 10.1. The van der Waals surface area contributed by atoms with Gasteiger partial charge in [-0.2, -0.15) is 0 Å². The van der Waals surface area contributed by atoms with Crippen molar-refractivity contribution in [1.82, 2.24) is 10.2 Å². The van der Waals surface area contributed by atoms with Gasteiger partial charge in [0.05, 0.1) is 19.3 Å². The number of carbonyl (C=O) groups excluding carboxylic acids is 3. The van der Waals surface area contributed by atoms with Gasteiger partial charge in [-0.3, -0.25) is 9.59 Å². The van der Waals surface area contributed by atoms with Gasteiger partial charge in [-0.15, -0.1) is 0 Å². The molecule has 1 N–H and O–H groups in total. The number of nitrogens with zero attached hydrogens (tertiary/aromatic N) is 1. The normalized spacial score (nSPS) is 20.0. The third-order valence-electron chi connectivity index (χ3n) is 3.95. The molecule has 2 unspecified atom stereocenters. The largest absolute Gasteiger partial charge is 0.466 e. The Hall–Kier alpha value is -2.67. The maximum absolute atomic E-state index is 12.6. The number of esters is 1. The molecule has 7 heteroatoms. The Balaban J connectivity index is 1.89. The second kappa shape index (κ2) is 9.15. The zero-order valence-corrected chi connectivity index (χ0v) is 15.2. The Morgan fingerprint density at radius 1 is 1.15 bits per heavy atom. The van der Waals surface area contributed by atoms with E-state index in [0.29, 0.717) is 25.2 Å². The van der Waals surface area contributed by atoms with Gasteiger partial charge < -0.3 is 19.7 Å². The summed E-state index contributed by atoms with van der Waals surface area (Å²) in [5.41, 5.74) is 1.46. The molecule has 1 fully saturated rings. The first-order valence-electron chi connectivity index (χ1n) is 8.46. The second-order valence-corrected chi connectivity index (χ2v) is 6.24. The zero-order valence-electron chi connectivity index (χ0n) is 15.2. The van der Waals surface area contributed by atoms with Gasteiger partial charge in [0.25, 0.3) is 5.91 Å². The fourth-order valence-electron chi connectivity index (χ4n) is 2.75. The number of benzene rings is 1. The van der Waals surface area contributed by atoms with Crippen molar-refractivity contribution < 1.29 is 23.9 Å². The number of hydrogen-bond donors (Lipinski definition) is 1. The Morgan fingerprint density at radius 3 is 2.35 bits per heavy atom. The number of methoxy groups -OCH3 is 1. The molecule has 140 valence electrons. The second-order valence-electron chi connectivity index (χ2n) is 6.24. The first kappa shape index (κ1) is 19.7. The Kier molecular flexibility index (Phi) is 6.91. The van der Waals surface area contributed by atoms with E-state index in [1.165, 1.54) is 7.11 Å². The molecule has 1 aromatic rings. The lowest BCUT2D eigenvalue weighted by Gasteiger charge is -2.35. The molecule has 0 bridgehead atoms. The molecule has 0 saturated carbocycles. The van der Waals surface area contributed by atoms with Crippen LogP contribution in [0.4, 0.5) is 0 Å². The first-order chi connectivity index (χ1) is 12.4. The highest BCUT2D eigenvalue weighted by Gasteiger charge is 2.26. The van der Waals surface area contributed by atoms with E-state index in [2.05, 4.69) is 10.1 Å². The fraction of sp³-hybridized carbons (Fsp3) is 0.421. The third kappa shape index (κ3) is 5.70. The summed E-state index contributed by atoms with van der Waals surface area (Å²) >= 11 is 0. The van der Waals surface area contributed by atoms with Crippen LogP contribution in [0.1, 0.15) is 29.8 Å². The Labute approximate surface area is 153 Å². The van der Waals surface area contributed by atoms with Gasteiger partial charge in [-0.05, 0) is 31.5 Å². The molecule has 2 amide bonds. The van der Waals surface area contributed by atoms with Crippen LogP contribution in [0, 0.1) is 0 Å². The molecular formula is C19H24N2O5. The molecule has 0 radical (unpaired) electrons. The van der Waals surface area contributed by atoms with Gasteiger partial charge in [0, 0.05) is 37.3 Å². The summed E-state index contributed by atoms with van der Waals surface area (Å²) in [6.07, 6.45) is 2.22. The number of carbonyl (C=O) groups is 3. The summed E-state index contributed by atoms with van der Waals surface area (Å²) in [6.45, 7) is 5.36. The zero-order chi connectivity index (χ0) is 19.1. The van der Waals surface area contributed by atoms with Crippen molar-refractivity contribution in [3.05, 3.63) is 47.5 Å². The molecule has 1 aromatic carbocycles. The van der Waals surface area contributed by atoms with Crippen molar-refractivity contribution >= 4 is 17.8 Å². The molecule has 0 spiro atoms. The summed E-state index contributed by atoms with van der Waals surface area (Å²) in [7, 11) is 1.24. The number of amides is 2. The predicted octanol–water partition coefficient (Wildman–Crippen LogP) is 1.28. The van der Waals surface area contributed by atoms with Crippen LogP contribution in [0.3, 0.4) is 0 Å². The minimum absolute atomic E-state index is 0.0234. The van der Waals surface area contributed by atoms with Gasteiger partial charge in [-0.1, -0.05) is 12.1 Å². The average molecular weight is 360 g/mol. The van der Waals surface area contributed by atoms with E-state index in [1.54, 1.807) is 29.2 Å². The summed E-state index contributed by atoms with van der Waals surface area (Å²) in [4.78, 5) is 36.9. The van der Waals surface area contributed by atoms with Gasteiger partial charge in [0.15, 0.2) is 0 Å². The molecule has 1 heterocycles. The number of morpholine rings is 1. The van der Waals surface area contributed by atoms with Crippen LogP contribution in [0.5, 0.6) is 0 Å². The van der Waals surface area contributed by atoms with Crippen LogP contribution in [0.2, 0.25) is 0 Å². The van der Waals surface area contributed by atoms with Crippen molar-refractivity contribution in [2.45, 2.75) is 32.6 Å². The molecule has 26 heavy (non-hydrogen) atoms. The van der Waals surface area contributed by atoms with Gasteiger partial charge in [0.2, 0.25) is 5.91 Å². The van der Waals surface area contributed by atoms with Crippen molar-refractivity contribution in [3.63, 3.8) is 0 Å². The lowest BCUT2D eigenvalue weighted by atomic mass is 10.1. The van der Waals surface area contributed by atoms with E-state index in [9.17, 15) is 14.4 Å². The van der Waals surface area contributed by atoms with E-state index in [0.717, 1.165) is 17.7 Å². The number of rotatable bonds is 5. The van der Waals surface area contributed by atoms with Crippen molar-refractivity contribution in [1.29, 1.82) is 0 Å².